The molecule has 164 valence electrons. The van der Waals surface area contributed by atoms with Gasteiger partial charge in [-0.15, -0.1) is 0 Å². The number of aryl methyl sites for hydroxylation is 1. The van der Waals surface area contributed by atoms with Gasteiger partial charge in [-0.05, 0) is 31.5 Å². The lowest BCUT2D eigenvalue weighted by molar-refractivity contribution is -0.137. The largest absolute Gasteiger partial charge is 0.493 e. The first-order valence-corrected chi connectivity index (χ1v) is 9.54. The summed E-state index contributed by atoms with van der Waals surface area (Å²) >= 11 is 0. The zero-order valence-electron chi connectivity index (χ0n) is 16.4. The van der Waals surface area contributed by atoms with E-state index in [2.05, 4.69) is 5.16 Å². The maximum Gasteiger partial charge on any atom is 0.417 e. The van der Waals surface area contributed by atoms with Gasteiger partial charge in [0.1, 0.15) is 11.5 Å². The van der Waals surface area contributed by atoms with Crippen LogP contribution in [-0.4, -0.2) is 36.7 Å². The number of aromatic nitrogens is 3. The molecule has 9 nitrogen and oxygen atoms in total. The molecule has 0 radical (unpaired) electrons. The van der Waals surface area contributed by atoms with Crippen molar-refractivity contribution in [2.75, 3.05) is 6.54 Å². The molecule has 3 aromatic rings. The Balaban J connectivity index is 1.59. The molecule has 0 aliphatic carbocycles. The van der Waals surface area contributed by atoms with Crippen LogP contribution in [0.3, 0.4) is 0 Å². The lowest BCUT2D eigenvalue weighted by Crippen LogP contribution is -2.38. The summed E-state index contributed by atoms with van der Waals surface area (Å²) in [4.78, 5) is 27.3. The molecule has 0 saturated carbocycles. The van der Waals surface area contributed by atoms with Gasteiger partial charge in [-0.3, -0.25) is 9.36 Å². The highest BCUT2D eigenvalue weighted by Gasteiger charge is 2.49. The first-order chi connectivity index (χ1) is 15.1. The zero-order valence-corrected chi connectivity index (χ0v) is 16.4. The molecular formula is C20H14F3N5O4. The summed E-state index contributed by atoms with van der Waals surface area (Å²) in [5, 5.41) is 23.5. The van der Waals surface area contributed by atoms with Crippen molar-refractivity contribution in [3.63, 3.8) is 0 Å². The number of carbonyl (C=O) groups excluding carboxylic acids is 1. The zero-order chi connectivity index (χ0) is 22.9. The quantitative estimate of drug-likeness (QED) is 0.648. The van der Waals surface area contributed by atoms with Crippen LogP contribution < -0.4 is 5.69 Å². The van der Waals surface area contributed by atoms with Crippen LogP contribution >= 0.6 is 0 Å². The molecule has 1 amide bonds. The number of carbonyl (C=O) groups is 1. The van der Waals surface area contributed by atoms with Crippen molar-refractivity contribution in [3.8, 4) is 17.6 Å². The van der Waals surface area contributed by atoms with Gasteiger partial charge in [0, 0.05) is 12.6 Å². The third kappa shape index (κ3) is 2.67. The van der Waals surface area contributed by atoms with Crippen LogP contribution in [0, 0.1) is 18.3 Å². The van der Waals surface area contributed by atoms with E-state index >= 15 is 0 Å². The van der Waals surface area contributed by atoms with Crippen LogP contribution in [0.1, 0.15) is 51.6 Å². The standard InChI is InChI=1S/C20H14F3N5O4/c1-9-4-14(25-32-9)17(29)26-8-12-6-15(26)16-18(30)28(19(31)27(12)16)11-3-2-10(7-24)13(5-11)20(21,22)23/h2-5,12,15,30H,6,8H2,1H3. The number of hydrogen-bond donors (Lipinski definition) is 1. The number of amides is 1. The van der Waals surface area contributed by atoms with Gasteiger partial charge in [-0.2, -0.15) is 18.4 Å². The summed E-state index contributed by atoms with van der Waals surface area (Å²) in [5.74, 6) is -0.531. The molecule has 2 aliphatic heterocycles. The summed E-state index contributed by atoms with van der Waals surface area (Å²) in [6.45, 7) is 1.82. The number of likely N-dealkylation sites (tertiary alicyclic amines) is 1. The molecule has 2 atom stereocenters. The van der Waals surface area contributed by atoms with Gasteiger partial charge < -0.3 is 14.5 Å². The number of nitrogens with zero attached hydrogens (tertiary/aromatic N) is 5. The Hall–Kier alpha value is -4.01. The van der Waals surface area contributed by atoms with Gasteiger partial charge >= 0.3 is 11.9 Å². The molecule has 1 aromatic carbocycles. The van der Waals surface area contributed by atoms with Gasteiger partial charge in [0.05, 0.1) is 35.0 Å². The smallest absolute Gasteiger partial charge is 0.417 e. The van der Waals surface area contributed by atoms with Crippen LogP contribution in [0.5, 0.6) is 5.88 Å². The maximum atomic E-state index is 13.4. The summed E-state index contributed by atoms with van der Waals surface area (Å²) in [5.41, 5.74) is -2.52. The molecule has 2 aromatic heterocycles. The molecule has 1 saturated heterocycles. The molecule has 1 fully saturated rings. The second kappa shape index (κ2) is 6.49. The highest BCUT2D eigenvalue weighted by atomic mass is 19.4. The summed E-state index contributed by atoms with van der Waals surface area (Å²) < 4.78 is 47.1. The van der Waals surface area contributed by atoms with Crippen molar-refractivity contribution in [2.45, 2.75) is 31.6 Å². The van der Waals surface area contributed by atoms with Gasteiger partial charge in [-0.25, -0.2) is 9.36 Å². The van der Waals surface area contributed by atoms with Crippen LogP contribution in [0.15, 0.2) is 33.6 Å². The van der Waals surface area contributed by atoms with Gasteiger partial charge in [0.15, 0.2) is 5.69 Å². The van der Waals surface area contributed by atoms with Crippen molar-refractivity contribution < 1.29 is 27.6 Å². The molecule has 0 spiro atoms. The summed E-state index contributed by atoms with van der Waals surface area (Å²) in [6, 6.07) is 4.63. The molecule has 12 heteroatoms. The predicted molar refractivity (Wildman–Crippen MR) is 100 cm³/mol. The normalized spacial score (nSPS) is 19.3. The molecule has 2 unspecified atom stereocenters. The Morgan fingerprint density at radius 2 is 2.09 bits per heavy atom. The topological polar surface area (TPSA) is 117 Å². The van der Waals surface area contributed by atoms with Crippen molar-refractivity contribution in [3.05, 3.63) is 63.0 Å². The SMILES string of the molecule is Cc1cc(C(=O)N2CC3CC2c2c(O)n(-c4ccc(C#N)c(C(F)(F)F)c4)c(=O)n23)no1. The second-order valence-electron chi connectivity index (χ2n) is 7.72. The fourth-order valence-electron chi connectivity index (χ4n) is 4.52. The van der Waals surface area contributed by atoms with E-state index in [1.54, 1.807) is 6.92 Å². The minimum absolute atomic E-state index is 0.0878. The molecule has 5 rings (SSSR count). The van der Waals surface area contributed by atoms with Gasteiger partial charge in [0.25, 0.3) is 5.91 Å². The van der Waals surface area contributed by atoms with E-state index in [4.69, 9.17) is 9.78 Å². The van der Waals surface area contributed by atoms with E-state index in [1.165, 1.54) is 21.6 Å². The number of rotatable bonds is 2. The summed E-state index contributed by atoms with van der Waals surface area (Å²) in [6.07, 6.45) is -4.43. The van der Waals surface area contributed by atoms with Crippen molar-refractivity contribution >= 4 is 5.91 Å². The number of nitriles is 1. The number of aromatic hydroxyl groups is 1. The predicted octanol–water partition coefficient (Wildman–Crippen LogP) is 2.67. The number of fused-ring (bicyclic) bond motifs is 5. The van der Waals surface area contributed by atoms with E-state index < -0.39 is 46.9 Å². The van der Waals surface area contributed by atoms with Crippen molar-refractivity contribution in [2.24, 2.45) is 0 Å². The third-order valence-corrected chi connectivity index (χ3v) is 5.85. The van der Waals surface area contributed by atoms with Crippen molar-refractivity contribution in [1.29, 1.82) is 5.26 Å². The molecule has 2 bridgehead atoms. The van der Waals surface area contributed by atoms with Crippen LogP contribution in [-0.2, 0) is 6.18 Å². The molecule has 1 N–H and O–H groups in total. The monoisotopic (exact) mass is 445 g/mol. The van der Waals surface area contributed by atoms with E-state index in [0.717, 1.165) is 16.7 Å². The minimum Gasteiger partial charge on any atom is -0.493 e. The average Bonchev–Trinajstić information content (AvgIpc) is 3.50. The Bertz CT molecular complexity index is 1380. The van der Waals surface area contributed by atoms with Gasteiger partial charge in [-0.1, -0.05) is 5.16 Å². The van der Waals surface area contributed by atoms with Crippen LogP contribution in [0.25, 0.3) is 5.69 Å². The first kappa shape index (κ1) is 19.9. The maximum absolute atomic E-state index is 13.4. The van der Waals surface area contributed by atoms with Crippen LogP contribution in [0.2, 0.25) is 0 Å². The molecule has 2 aliphatic rings. The minimum atomic E-state index is -4.82. The fraction of sp³-hybridized carbons (Fsp3) is 0.300. The van der Waals surface area contributed by atoms with E-state index in [1.807, 2.05) is 0 Å². The number of halogens is 3. The first-order valence-electron chi connectivity index (χ1n) is 9.54. The molecule has 4 heterocycles. The third-order valence-electron chi connectivity index (χ3n) is 5.85. The van der Waals surface area contributed by atoms with Crippen molar-refractivity contribution in [1.82, 2.24) is 19.2 Å². The fourth-order valence-corrected chi connectivity index (χ4v) is 4.52. The number of imidazole rings is 1. The number of hydrogen-bond acceptors (Lipinski definition) is 6. The number of alkyl halides is 3. The molecule has 32 heavy (non-hydrogen) atoms. The Morgan fingerprint density at radius 3 is 2.72 bits per heavy atom. The summed E-state index contributed by atoms with van der Waals surface area (Å²) in [7, 11) is 0. The van der Waals surface area contributed by atoms with Crippen LogP contribution in [0.4, 0.5) is 13.2 Å². The Labute approximate surface area is 177 Å². The highest BCUT2D eigenvalue weighted by Crippen LogP contribution is 2.49. The lowest BCUT2D eigenvalue weighted by Gasteiger charge is -2.26. The van der Waals surface area contributed by atoms with Gasteiger partial charge in [0.2, 0.25) is 5.88 Å². The number of benzene rings is 1. The Kier molecular flexibility index (Phi) is 4.04. The average molecular weight is 445 g/mol. The second-order valence-corrected chi connectivity index (χ2v) is 7.72. The van der Waals surface area contributed by atoms with E-state index in [9.17, 15) is 27.9 Å². The van der Waals surface area contributed by atoms with E-state index in [-0.39, 0.29) is 23.6 Å². The van der Waals surface area contributed by atoms with E-state index in [0.29, 0.717) is 18.2 Å². The molecular weight excluding hydrogens is 431 g/mol. The highest BCUT2D eigenvalue weighted by molar-refractivity contribution is 5.93. The Morgan fingerprint density at radius 1 is 1.34 bits per heavy atom. The lowest BCUT2D eigenvalue weighted by atomic mass is 10.1.